The normalized spacial score (nSPS) is 12.9. The van der Waals surface area contributed by atoms with Crippen molar-refractivity contribution < 1.29 is 9.90 Å². The van der Waals surface area contributed by atoms with Gasteiger partial charge in [-0.05, 0) is 33.3 Å². The zero-order chi connectivity index (χ0) is 14.5. The van der Waals surface area contributed by atoms with Crippen molar-refractivity contribution in [2.45, 2.75) is 39.3 Å². The lowest BCUT2D eigenvalue weighted by Gasteiger charge is -2.29. The molecule has 1 aromatic carbocycles. The van der Waals surface area contributed by atoms with E-state index in [-0.39, 0.29) is 12.1 Å². The van der Waals surface area contributed by atoms with E-state index in [2.05, 4.69) is 5.32 Å². The second-order valence-corrected chi connectivity index (χ2v) is 5.41. The number of urea groups is 1. The second-order valence-electron chi connectivity index (χ2n) is 5.41. The molecule has 0 aliphatic heterocycles. The molecular weight excluding hydrogens is 240 g/mol. The number of hydrogen-bond donors (Lipinski definition) is 2. The van der Waals surface area contributed by atoms with Crippen LogP contribution in [0.5, 0.6) is 0 Å². The van der Waals surface area contributed by atoms with Crippen molar-refractivity contribution in [2.75, 3.05) is 13.1 Å². The molecule has 0 bridgehead atoms. The molecule has 0 aliphatic carbocycles. The summed E-state index contributed by atoms with van der Waals surface area (Å²) in [5.74, 6) is 0. The van der Waals surface area contributed by atoms with Crippen LogP contribution in [0.1, 0.15) is 39.3 Å². The number of aliphatic hydroxyl groups is 1. The van der Waals surface area contributed by atoms with Crippen LogP contribution in [-0.4, -0.2) is 34.7 Å². The first-order valence-corrected chi connectivity index (χ1v) is 6.66. The van der Waals surface area contributed by atoms with Crippen LogP contribution in [0.4, 0.5) is 4.79 Å². The first-order chi connectivity index (χ1) is 8.83. The average Bonchev–Trinajstić information content (AvgIpc) is 2.35. The molecular formula is C15H24N2O2. The van der Waals surface area contributed by atoms with Crippen LogP contribution in [0.2, 0.25) is 0 Å². The number of benzene rings is 1. The Morgan fingerprint density at radius 2 is 1.95 bits per heavy atom. The minimum absolute atomic E-state index is 0.0513. The van der Waals surface area contributed by atoms with E-state index >= 15 is 0 Å². The lowest BCUT2D eigenvalue weighted by atomic mass is 10.1. The number of nitrogens with one attached hydrogen (secondary N) is 1. The van der Waals surface area contributed by atoms with Crippen molar-refractivity contribution in [1.82, 2.24) is 10.2 Å². The predicted octanol–water partition coefficient (Wildman–Crippen LogP) is 2.55. The Morgan fingerprint density at radius 3 is 2.42 bits per heavy atom. The van der Waals surface area contributed by atoms with E-state index < -0.39 is 5.60 Å². The quantitative estimate of drug-likeness (QED) is 0.858. The van der Waals surface area contributed by atoms with Gasteiger partial charge >= 0.3 is 6.03 Å². The van der Waals surface area contributed by atoms with Gasteiger partial charge in [-0.3, -0.25) is 0 Å². The van der Waals surface area contributed by atoms with E-state index in [4.69, 9.17) is 0 Å². The maximum Gasteiger partial charge on any atom is 0.317 e. The Hall–Kier alpha value is -1.55. The zero-order valence-corrected chi connectivity index (χ0v) is 12.2. The van der Waals surface area contributed by atoms with Gasteiger partial charge in [-0.25, -0.2) is 4.79 Å². The highest BCUT2D eigenvalue weighted by molar-refractivity contribution is 5.74. The lowest BCUT2D eigenvalue weighted by Crippen LogP contribution is -2.47. The van der Waals surface area contributed by atoms with E-state index in [9.17, 15) is 9.90 Å². The van der Waals surface area contributed by atoms with Gasteiger partial charge in [0.05, 0.1) is 18.2 Å². The summed E-state index contributed by atoms with van der Waals surface area (Å²) in [5.41, 5.74) is 0.179. The van der Waals surface area contributed by atoms with Crippen molar-refractivity contribution in [2.24, 2.45) is 0 Å². The fourth-order valence-electron chi connectivity index (χ4n) is 1.90. The van der Waals surface area contributed by atoms with Crippen LogP contribution in [0.3, 0.4) is 0 Å². The Kier molecular flexibility index (Phi) is 5.36. The molecule has 1 aromatic rings. The second kappa shape index (κ2) is 6.57. The predicted molar refractivity (Wildman–Crippen MR) is 76.9 cm³/mol. The van der Waals surface area contributed by atoms with Gasteiger partial charge < -0.3 is 15.3 Å². The minimum atomic E-state index is -0.886. The number of carbonyl (C=O) groups is 1. The fraction of sp³-hybridized carbons (Fsp3) is 0.533. The van der Waals surface area contributed by atoms with Crippen LogP contribution in [0.15, 0.2) is 30.3 Å². The topological polar surface area (TPSA) is 52.6 Å². The monoisotopic (exact) mass is 264 g/mol. The number of hydrogen-bond acceptors (Lipinski definition) is 2. The summed E-state index contributed by atoms with van der Waals surface area (Å²) in [6.07, 6.45) is 0. The molecule has 0 aromatic heterocycles. The molecule has 4 nitrogen and oxygen atoms in total. The Bertz CT molecular complexity index is 398. The standard InChI is InChI=1S/C15H24N2O2/c1-5-17(11-15(3,4)19)14(18)16-12(2)13-9-7-6-8-10-13/h6-10,12,19H,5,11H2,1-4H3,(H,16,18). The van der Waals surface area contributed by atoms with Crippen LogP contribution in [0, 0.1) is 0 Å². The first-order valence-electron chi connectivity index (χ1n) is 6.66. The number of rotatable bonds is 5. The van der Waals surface area contributed by atoms with Gasteiger partial charge in [-0.2, -0.15) is 0 Å². The van der Waals surface area contributed by atoms with Crippen LogP contribution in [0.25, 0.3) is 0 Å². The van der Waals surface area contributed by atoms with Crippen LogP contribution in [-0.2, 0) is 0 Å². The lowest BCUT2D eigenvalue weighted by molar-refractivity contribution is 0.0476. The summed E-state index contributed by atoms with van der Waals surface area (Å²) >= 11 is 0. The van der Waals surface area contributed by atoms with Gasteiger partial charge in [0.2, 0.25) is 0 Å². The van der Waals surface area contributed by atoms with Gasteiger partial charge in [0, 0.05) is 6.54 Å². The van der Waals surface area contributed by atoms with E-state index in [1.165, 1.54) is 0 Å². The molecule has 1 rings (SSSR count). The highest BCUT2D eigenvalue weighted by atomic mass is 16.3. The Labute approximate surface area is 115 Å². The van der Waals surface area contributed by atoms with Gasteiger partial charge in [0.15, 0.2) is 0 Å². The van der Waals surface area contributed by atoms with Crippen molar-refractivity contribution in [3.05, 3.63) is 35.9 Å². The third-order valence-electron chi connectivity index (χ3n) is 2.89. The van der Waals surface area contributed by atoms with Crippen molar-refractivity contribution in [1.29, 1.82) is 0 Å². The van der Waals surface area contributed by atoms with Gasteiger partial charge in [-0.15, -0.1) is 0 Å². The summed E-state index contributed by atoms with van der Waals surface area (Å²) in [4.78, 5) is 13.7. The molecule has 19 heavy (non-hydrogen) atoms. The molecule has 0 heterocycles. The van der Waals surface area contributed by atoms with E-state index in [0.29, 0.717) is 13.1 Å². The largest absolute Gasteiger partial charge is 0.389 e. The number of nitrogens with zero attached hydrogens (tertiary/aromatic N) is 1. The minimum Gasteiger partial charge on any atom is -0.389 e. The summed E-state index contributed by atoms with van der Waals surface area (Å²) in [6, 6.07) is 9.61. The summed E-state index contributed by atoms with van der Waals surface area (Å²) in [5, 5.41) is 12.7. The summed E-state index contributed by atoms with van der Waals surface area (Å²) in [7, 11) is 0. The van der Waals surface area contributed by atoms with Crippen molar-refractivity contribution in [3.8, 4) is 0 Å². The molecule has 0 saturated carbocycles. The third-order valence-corrected chi connectivity index (χ3v) is 2.89. The van der Waals surface area contributed by atoms with E-state index in [1.807, 2.05) is 44.2 Å². The molecule has 4 heteroatoms. The summed E-state index contributed by atoms with van der Waals surface area (Å²) < 4.78 is 0. The maximum absolute atomic E-state index is 12.1. The Morgan fingerprint density at radius 1 is 1.37 bits per heavy atom. The van der Waals surface area contributed by atoms with Gasteiger partial charge in [0.1, 0.15) is 0 Å². The molecule has 2 N–H and O–H groups in total. The average molecular weight is 264 g/mol. The van der Waals surface area contributed by atoms with Gasteiger partial charge in [-0.1, -0.05) is 30.3 Å². The number of likely N-dealkylation sites (N-methyl/N-ethyl adjacent to an activating group) is 1. The molecule has 0 spiro atoms. The molecule has 2 amide bonds. The number of carbonyl (C=O) groups excluding carboxylic acids is 1. The zero-order valence-electron chi connectivity index (χ0n) is 12.2. The third kappa shape index (κ3) is 5.30. The molecule has 0 radical (unpaired) electrons. The molecule has 106 valence electrons. The molecule has 1 atom stereocenters. The maximum atomic E-state index is 12.1. The van der Waals surface area contributed by atoms with Crippen LogP contribution < -0.4 is 5.32 Å². The summed E-state index contributed by atoms with van der Waals surface area (Å²) in [6.45, 7) is 8.13. The smallest absolute Gasteiger partial charge is 0.317 e. The molecule has 1 unspecified atom stereocenters. The van der Waals surface area contributed by atoms with E-state index in [0.717, 1.165) is 5.56 Å². The first kappa shape index (κ1) is 15.5. The van der Waals surface area contributed by atoms with Gasteiger partial charge in [0.25, 0.3) is 0 Å². The highest BCUT2D eigenvalue weighted by Crippen LogP contribution is 2.12. The highest BCUT2D eigenvalue weighted by Gasteiger charge is 2.22. The Balaban J connectivity index is 2.62. The van der Waals surface area contributed by atoms with Crippen LogP contribution >= 0.6 is 0 Å². The van der Waals surface area contributed by atoms with Crippen molar-refractivity contribution in [3.63, 3.8) is 0 Å². The SMILES string of the molecule is CCN(CC(C)(C)O)C(=O)NC(C)c1ccccc1. The number of amides is 2. The fourth-order valence-corrected chi connectivity index (χ4v) is 1.90. The van der Waals surface area contributed by atoms with E-state index in [1.54, 1.807) is 18.7 Å². The molecule has 0 aliphatic rings. The van der Waals surface area contributed by atoms with Crippen molar-refractivity contribution >= 4 is 6.03 Å². The molecule has 0 saturated heterocycles. The molecule has 0 fully saturated rings.